The van der Waals surface area contributed by atoms with Crippen molar-refractivity contribution in [3.8, 4) is 0 Å². The van der Waals surface area contributed by atoms with Crippen molar-refractivity contribution in [2.24, 2.45) is 0 Å². The molecular formula is C13H25N3O. The Labute approximate surface area is 104 Å². The van der Waals surface area contributed by atoms with Gasteiger partial charge in [-0.3, -0.25) is 4.79 Å². The Morgan fingerprint density at radius 1 is 1.29 bits per heavy atom. The van der Waals surface area contributed by atoms with E-state index >= 15 is 0 Å². The number of likely N-dealkylation sites (tertiary alicyclic amines) is 1. The first-order valence-corrected chi connectivity index (χ1v) is 6.96. The second-order valence-electron chi connectivity index (χ2n) is 5.43. The molecule has 1 unspecified atom stereocenters. The number of likely N-dealkylation sites (N-methyl/N-ethyl adjacent to an activating group) is 1. The maximum absolute atomic E-state index is 11.4. The average molecular weight is 239 g/mol. The lowest BCUT2D eigenvalue weighted by Gasteiger charge is -2.32. The van der Waals surface area contributed by atoms with E-state index in [0.29, 0.717) is 18.5 Å². The third-order valence-electron chi connectivity index (χ3n) is 3.77. The lowest BCUT2D eigenvalue weighted by atomic mass is 10.0. The molecule has 0 spiro atoms. The van der Waals surface area contributed by atoms with E-state index < -0.39 is 0 Å². The molecule has 4 heteroatoms. The molecule has 0 aromatic carbocycles. The van der Waals surface area contributed by atoms with Crippen LogP contribution in [0, 0.1) is 0 Å². The van der Waals surface area contributed by atoms with Crippen molar-refractivity contribution in [1.29, 1.82) is 0 Å². The van der Waals surface area contributed by atoms with Gasteiger partial charge in [-0.1, -0.05) is 6.42 Å². The number of amides is 1. The van der Waals surface area contributed by atoms with Gasteiger partial charge < -0.3 is 15.5 Å². The summed E-state index contributed by atoms with van der Waals surface area (Å²) < 4.78 is 0. The van der Waals surface area contributed by atoms with Crippen LogP contribution in [-0.2, 0) is 4.79 Å². The Morgan fingerprint density at radius 2 is 2.12 bits per heavy atom. The predicted molar refractivity (Wildman–Crippen MR) is 68.9 cm³/mol. The molecule has 0 aromatic heterocycles. The number of rotatable bonds is 6. The molecule has 0 aromatic rings. The molecule has 1 heterocycles. The van der Waals surface area contributed by atoms with E-state index in [4.69, 9.17) is 0 Å². The van der Waals surface area contributed by atoms with Gasteiger partial charge in [0.2, 0.25) is 5.91 Å². The monoisotopic (exact) mass is 239 g/mol. The maximum atomic E-state index is 11.4. The molecule has 2 rings (SSSR count). The first-order valence-electron chi connectivity index (χ1n) is 6.96. The SMILES string of the molecule is CN1CCCCC1CNCCC(=O)NC1CC1. The summed E-state index contributed by atoms with van der Waals surface area (Å²) in [7, 11) is 2.20. The zero-order chi connectivity index (χ0) is 12.1. The Morgan fingerprint density at radius 3 is 2.82 bits per heavy atom. The van der Waals surface area contributed by atoms with Crippen LogP contribution in [0.4, 0.5) is 0 Å². The van der Waals surface area contributed by atoms with Gasteiger partial charge in [-0.05, 0) is 39.3 Å². The third kappa shape index (κ3) is 4.64. The molecule has 1 saturated heterocycles. The van der Waals surface area contributed by atoms with Crippen LogP contribution in [0.3, 0.4) is 0 Å². The minimum atomic E-state index is 0.206. The van der Waals surface area contributed by atoms with E-state index in [1.54, 1.807) is 0 Å². The molecule has 0 radical (unpaired) electrons. The highest BCUT2D eigenvalue weighted by Gasteiger charge is 2.23. The molecule has 1 aliphatic carbocycles. The summed E-state index contributed by atoms with van der Waals surface area (Å²) in [6.07, 6.45) is 6.93. The Balaban J connectivity index is 1.51. The summed E-state index contributed by atoms with van der Waals surface area (Å²) in [5.74, 6) is 0.206. The van der Waals surface area contributed by atoms with Gasteiger partial charge in [0.25, 0.3) is 0 Å². The first-order chi connectivity index (χ1) is 8.25. The predicted octanol–water partition coefficient (Wildman–Crippen LogP) is 0.729. The van der Waals surface area contributed by atoms with E-state index in [1.807, 2.05) is 0 Å². The highest BCUT2D eigenvalue weighted by atomic mass is 16.1. The number of nitrogens with zero attached hydrogens (tertiary/aromatic N) is 1. The lowest BCUT2D eigenvalue weighted by molar-refractivity contribution is -0.121. The molecule has 1 amide bonds. The molecule has 17 heavy (non-hydrogen) atoms. The van der Waals surface area contributed by atoms with E-state index in [0.717, 1.165) is 13.1 Å². The number of carbonyl (C=O) groups is 1. The summed E-state index contributed by atoms with van der Waals surface area (Å²) in [6.45, 7) is 3.05. The fraction of sp³-hybridized carbons (Fsp3) is 0.923. The van der Waals surface area contributed by atoms with Crippen LogP contribution in [0.1, 0.15) is 38.5 Å². The third-order valence-corrected chi connectivity index (χ3v) is 3.77. The van der Waals surface area contributed by atoms with Gasteiger partial charge in [0.15, 0.2) is 0 Å². The van der Waals surface area contributed by atoms with Crippen LogP contribution in [0.15, 0.2) is 0 Å². The molecule has 0 bridgehead atoms. The zero-order valence-electron chi connectivity index (χ0n) is 10.9. The molecule has 98 valence electrons. The minimum Gasteiger partial charge on any atom is -0.353 e. The maximum Gasteiger partial charge on any atom is 0.221 e. The van der Waals surface area contributed by atoms with Gasteiger partial charge in [-0.25, -0.2) is 0 Å². The second kappa shape index (κ2) is 6.36. The summed E-state index contributed by atoms with van der Waals surface area (Å²) in [6, 6.07) is 1.15. The smallest absolute Gasteiger partial charge is 0.221 e. The fourth-order valence-corrected chi connectivity index (χ4v) is 2.40. The highest BCUT2D eigenvalue weighted by molar-refractivity contribution is 5.76. The van der Waals surface area contributed by atoms with Crippen molar-refractivity contribution in [3.05, 3.63) is 0 Å². The van der Waals surface area contributed by atoms with Crippen molar-refractivity contribution in [2.75, 3.05) is 26.7 Å². The fourth-order valence-electron chi connectivity index (χ4n) is 2.40. The van der Waals surface area contributed by atoms with Gasteiger partial charge in [-0.2, -0.15) is 0 Å². The number of nitrogens with one attached hydrogen (secondary N) is 2. The van der Waals surface area contributed by atoms with Gasteiger partial charge in [0.05, 0.1) is 0 Å². The number of hydrogen-bond donors (Lipinski definition) is 2. The topological polar surface area (TPSA) is 44.4 Å². The zero-order valence-corrected chi connectivity index (χ0v) is 10.9. The molecule has 1 saturated carbocycles. The second-order valence-corrected chi connectivity index (χ2v) is 5.43. The molecule has 2 N–H and O–H groups in total. The summed E-state index contributed by atoms with van der Waals surface area (Å²) in [5, 5.41) is 6.42. The van der Waals surface area contributed by atoms with E-state index in [1.165, 1.54) is 38.6 Å². The van der Waals surface area contributed by atoms with Crippen molar-refractivity contribution < 1.29 is 4.79 Å². The number of hydrogen-bond acceptors (Lipinski definition) is 3. The van der Waals surface area contributed by atoms with Gasteiger partial charge >= 0.3 is 0 Å². The van der Waals surface area contributed by atoms with Crippen molar-refractivity contribution in [2.45, 2.75) is 50.6 Å². The lowest BCUT2D eigenvalue weighted by Crippen LogP contribution is -2.43. The molecule has 1 atom stereocenters. The first kappa shape index (κ1) is 12.8. The van der Waals surface area contributed by atoms with Crippen LogP contribution in [0.25, 0.3) is 0 Å². The van der Waals surface area contributed by atoms with E-state index in [9.17, 15) is 4.79 Å². The van der Waals surface area contributed by atoms with Crippen LogP contribution in [0.2, 0.25) is 0 Å². The van der Waals surface area contributed by atoms with Crippen LogP contribution < -0.4 is 10.6 Å². The number of piperidine rings is 1. The molecule has 1 aliphatic heterocycles. The summed E-state index contributed by atoms with van der Waals surface area (Å²) in [4.78, 5) is 13.9. The normalized spacial score (nSPS) is 25.8. The average Bonchev–Trinajstić information content (AvgIpc) is 3.10. The summed E-state index contributed by atoms with van der Waals surface area (Å²) in [5.41, 5.74) is 0. The molecule has 4 nitrogen and oxygen atoms in total. The standard InChI is InChI=1S/C13H25N3O/c1-16-9-3-2-4-12(16)10-14-8-7-13(17)15-11-5-6-11/h11-12,14H,2-10H2,1H3,(H,15,17). The van der Waals surface area contributed by atoms with Crippen LogP contribution >= 0.6 is 0 Å². The number of carbonyl (C=O) groups excluding carboxylic acids is 1. The van der Waals surface area contributed by atoms with Crippen LogP contribution in [0.5, 0.6) is 0 Å². The quantitative estimate of drug-likeness (QED) is 0.672. The van der Waals surface area contributed by atoms with Gasteiger partial charge in [0.1, 0.15) is 0 Å². The Kier molecular flexibility index (Phi) is 4.80. The van der Waals surface area contributed by atoms with Crippen molar-refractivity contribution >= 4 is 5.91 Å². The van der Waals surface area contributed by atoms with Crippen molar-refractivity contribution in [1.82, 2.24) is 15.5 Å². The largest absolute Gasteiger partial charge is 0.353 e. The Hall–Kier alpha value is -0.610. The Bertz CT molecular complexity index is 253. The highest BCUT2D eigenvalue weighted by Crippen LogP contribution is 2.18. The molecular weight excluding hydrogens is 214 g/mol. The van der Waals surface area contributed by atoms with Crippen molar-refractivity contribution in [3.63, 3.8) is 0 Å². The van der Waals surface area contributed by atoms with Gasteiger partial charge in [0, 0.05) is 31.6 Å². The van der Waals surface area contributed by atoms with Gasteiger partial charge in [-0.15, -0.1) is 0 Å². The molecule has 2 aliphatic rings. The minimum absolute atomic E-state index is 0.206. The summed E-state index contributed by atoms with van der Waals surface area (Å²) >= 11 is 0. The van der Waals surface area contributed by atoms with Crippen LogP contribution in [-0.4, -0.2) is 49.6 Å². The van der Waals surface area contributed by atoms with E-state index in [-0.39, 0.29) is 5.91 Å². The van der Waals surface area contributed by atoms with E-state index in [2.05, 4.69) is 22.6 Å². The molecule has 2 fully saturated rings.